The van der Waals surface area contributed by atoms with Crippen molar-refractivity contribution in [3.8, 4) is 23.0 Å². The molecule has 0 saturated heterocycles. The molecular formula is C24H25F5N3O8PS. The third-order valence-corrected chi connectivity index (χ3v) is 7.76. The lowest BCUT2D eigenvalue weighted by atomic mass is 9.96. The Bertz CT molecular complexity index is 1400. The summed E-state index contributed by atoms with van der Waals surface area (Å²) in [7, 11) is 2.81. The Morgan fingerprint density at radius 3 is 1.86 bits per heavy atom. The molecule has 42 heavy (non-hydrogen) atoms. The summed E-state index contributed by atoms with van der Waals surface area (Å²) in [6.07, 6.45) is -9.96. The number of aliphatic hydroxyl groups excluding tert-OH is 2. The molecule has 0 fully saturated rings. The van der Waals surface area contributed by atoms with Crippen LogP contribution in [-0.2, 0) is 16.3 Å². The van der Waals surface area contributed by atoms with Crippen LogP contribution in [0.5, 0.6) is 23.0 Å². The molecule has 18 heteroatoms. The van der Waals surface area contributed by atoms with E-state index in [2.05, 4.69) is 4.98 Å². The molecule has 0 aliphatic heterocycles. The first-order valence-electron chi connectivity index (χ1n) is 11.7. The van der Waals surface area contributed by atoms with Crippen molar-refractivity contribution in [1.29, 1.82) is 0 Å². The molecule has 3 rings (SSSR count). The van der Waals surface area contributed by atoms with Crippen molar-refractivity contribution in [3.63, 3.8) is 0 Å². The van der Waals surface area contributed by atoms with Gasteiger partial charge in [-0.1, -0.05) is 0 Å². The van der Waals surface area contributed by atoms with Crippen LogP contribution in [0.4, 0.5) is 27.8 Å². The Hall–Kier alpha value is -3.50. The Balaban J connectivity index is 1.89. The molecule has 2 aromatic carbocycles. The molecular weight excluding hydrogens is 616 g/mol. The number of methoxy groups -OCH3 is 2. The minimum absolute atomic E-state index is 0.0145. The number of alkyl halides is 4. The van der Waals surface area contributed by atoms with Gasteiger partial charge in [-0.25, -0.2) is 26.7 Å². The zero-order valence-electron chi connectivity index (χ0n) is 21.8. The van der Waals surface area contributed by atoms with Gasteiger partial charge in [0.25, 0.3) is 5.92 Å². The van der Waals surface area contributed by atoms with Gasteiger partial charge in [-0.15, -0.1) is 0 Å². The third-order valence-electron chi connectivity index (χ3n) is 5.66. The van der Waals surface area contributed by atoms with Crippen LogP contribution in [-0.4, -0.2) is 59.0 Å². The first-order valence-corrected chi connectivity index (χ1v) is 14.2. The highest BCUT2D eigenvalue weighted by Gasteiger charge is 2.55. The fraction of sp³-hybridized carbons (Fsp3) is 0.333. The second kappa shape index (κ2) is 13.6. The molecule has 1 heterocycles. The van der Waals surface area contributed by atoms with Gasteiger partial charge >= 0.3 is 12.4 Å². The standard InChI is InChI=1S/C24H25F5N3O8PS/c1-36-13-3-7-15(8-4-13)39-41(42,40-16-9-5-14(37-2)6-10-16)38-12-17(20(26)27)24(28,29)19(33)22(34)32-11-18(25)21(30)31-23(32)35/h3-11,17,19-20,22,33-34H,12H2,1-2H3,(H2,30,31,35). The molecule has 0 amide bonds. The van der Waals surface area contributed by atoms with Crippen molar-refractivity contribution < 1.29 is 55.2 Å². The number of nitrogens with two attached hydrogens (primary N) is 1. The lowest BCUT2D eigenvalue weighted by molar-refractivity contribution is -0.225. The van der Waals surface area contributed by atoms with E-state index in [0.717, 1.165) is 0 Å². The minimum Gasteiger partial charge on any atom is -0.497 e. The van der Waals surface area contributed by atoms with Crippen molar-refractivity contribution in [2.75, 3.05) is 26.6 Å². The summed E-state index contributed by atoms with van der Waals surface area (Å²) in [4.78, 5) is 14.9. The fourth-order valence-electron chi connectivity index (χ4n) is 3.34. The summed E-state index contributed by atoms with van der Waals surface area (Å²) in [6, 6.07) is 11.4. The summed E-state index contributed by atoms with van der Waals surface area (Å²) < 4.78 is 98.6. The van der Waals surface area contributed by atoms with E-state index in [4.69, 9.17) is 40.6 Å². The topological polar surface area (TPSA) is 148 Å². The molecule has 4 N–H and O–H groups in total. The first-order chi connectivity index (χ1) is 19.7. The van der Waals surface area contributed by atoms with E-state index in [1.54, 1.807) is 0 Å². The lowest BCUT2D eigenvalue weighted by Crippen LogP contribution is -2.51. The minimum atomic E-state index is -4.86. The smallest absolute Gasteiger partial charge is 0.434 e. The number of aliphatic hydroxyl groups is 2. The summed E-state index contributed by atoms with van der Waals surface area (Å²) in [6.45, 7) is -5.75. The summed E-state index contributed by atoms with van der Waals surface area (Å²) in [5.41, 5.74) is 3.58. The SMILES string of the molecule is COc1ccc(OP(=S)(OCC(C(F)F)C(F)(F)C(O)C(O)n2cc(F)c(N)nc2=O)Oc2ccc(OC)cc2)cc1. The van der Waals surface area contributed by atoms with Crippen LogP contribution in [0.25, 0.3) is 0 Å². The van der Waals surface area contributed by atoms with E-state index < -0.39 is 61.2 Å². The van der Waals surface area contributed by atoms with Gasteiger partial charge in [0, 0.05) is 11.8 Å². The maximum Gasteiger partial charge on any atom is 0.434 e. The Labute approximate surface area is 240 Å². The Morgan fingerprint density at radius 1 is 0.976 bits per heavy atom. The highest BCUT2D eigenvalue weighted by Crippen LogP contribution is 2.52. The van der Waals surface area contributed by atoms with Gasteiger partial charge in [0.2, 0.25) is 6.43 Å². The van der Waals surface area contributed by atoms with Crippen LogP contribution in [0.2, 0.25) is 0 Å². The monoisotopic (exact) mass is 641 g/mol. The summed E-state index contributed by atoms with van der Waals surface area (Å²) in [5.74, 6) is -9.42. The van der Waals surface area contributed by atoms with E-state index in [0.29, 0.717) is 11.5 Å². The average molecular weight is 642 g/mol. The molecule has 0 saturated carbocycles. The Kier molecular flexibility index (Phi) is 10.7. The second-order valence-electron chi connectivity index (χ2n) is 8.41. The third kappa shape index (κ3) is 7.86. The van der Waals surface area contributed by atoms with E-state index in [1.165, 1.54) is 62.8 Å². The van der Waals surface area contributed by atoms with Crippen LogP contribution < -0.4 is 29.9 Å². The molecule has 0 aliphatic rings. The van der Waals surface area contributed by atoms with Gasteiger partial charge in [0.1, 0.15) is 28.9 Å². The number of halogens is 5. The van der Waals surface area contributed by atoms with E-state index in [1.807, 2.05) is 0 Å². The lowest BCUT2D eigenvalue weighted by Gasteiger charge is -2.33. The first kappa shape index (κ1) is 33.0. The predicted octanol–water partition coefficient (Wildman–Crippen LogP) is 3.75. The normalized spacial score (nSPS) is 14.2. The van der Waals surface area contributed by atoms with Crippen LogP contribution in [0.1, 0.15) is 6.23 Å². The fourth-order valence-corrected chi connectivity index (χ4v) is 5.29. The van der Waals surface area contributed by atoms with E-state index in [-0.39, 0.29) is 22.3 Å². The largest absolute Gasteiger partial charge is 0.497 e. The van der Waals surface area contributed by atoms with Crippen molar-refractivity contribution in [2.24, 2.45) is 5.92 Å². The van der Waals surface area contributed by atoms with E-state index in [9.17, 15) is 28.2 Å². The number of anilines is 1. The molecule has 3 unspecified atom stereocenters. The molecule has 3 atom stereocenters. The number of hydrogen-bond donors (Lipinski definition) is 3. The number of ether oxygens (including phenoxy) is 2. The number of hydrogen-bond acceptors (Lipinski definition) is 11. The van der Waals surface area contributed by atoms with Gasteiger partial charge < -0.3 is 34.5 Å². The number of nitrogens with zero attached hydrogens (tertiary/aromatic N) is 2. The zero-order chi connectivity index (χ0) is 31.2. The molecule has 11 nitrogen and oxygen atoms in total. The molecule has 3 aromatic rings. The highest BCUT2D eigenvalue weighted by molar-refractivity contribution is 8.07. The maximum atomic E-state index is 15.2. The van der Waals surface area contributed by atoms with Crippen LogP contribution >= 0.6 is 6.72 Å². The molecule has 0 spiro atoms. The van der Waals surface area contributed by atoms with Crippen molar-refractivity contribution in [3.05, 3.63) is 71.0 Å². The van der Waals surface area contributed by atoms with Gasteiger partial charge in [0.05, 0.1) is 27.0 Å². The Morgan fingerprint density at radius 2 is 1.43 bits per heavy atom. The van der Waals surface area contributed by atoms with Crippen LogP contribution in [0, 0.1) is 11.7 Å². The van der Waals surface area contributed by atoms with Crippen molar-refractivity contribution >= 4 is 24.3 Å². The summed E-state index contributed by atoms with van der Waals surface area (Å²) >= 11 is 5.33. The maximum absolute atomic E-state index is 15.2. The number of aromatic nitrogens is 2. The summed E-state index contributed by atoms with van der Waals surface area (Å²) in [5, 5.41) is 20.3. The van der Waals surface area contributed by atoms with Gasteiger partial charge in [-0.05, 0) is 48.5 Å². The van der Waals surface area contributed by atoms with Gasteiger partial charge in [0.15, 0.2) is 24.0 Å². The quantitative estimate of drug-likeness (QED) is 0.175. The predicted molar refractivity (Wildman–Crippen MR) is 142 cm³/mol. The molecule has 230 valence electrons. The molecule has 0 aliphatic carbocycles. The number of benzene rings is 2. The number of rotatable bonds is 14. The van der Waals surface area contributed by atoms with Crippen molar-refractivity contribution in [2.45, 2.75) is 24.7 Å². The molecule has 0 radical (unpaired) electrons. The van der Waals surface area contributed by atoms with Crippen LogP contribution in [0.3, 0.4) is 0 Å². The van der Waals surface area contributed by atoms with E-state index >= 15 is 8.78 Å². The van der Waals surface area contributed by atoms with Gasteiger partial charge in [-0.2, -0.15) is 4.98 Å². The average Bonchev–Trinajstić information content (AvgIpc) is 2.94. The van der Waals surface area contributed by atoms with Crippen LogP contribution in [0.15, 0.2) is 59.5 Å². The van der Waals surface area contributed by atoms with Gasteiger partial charge in [-0.3, -0.25) is 9.09 Å². The van der Waals surface area contributed by atoms with Crippen molar-refractivity contribution in [1.82, 2.24) is 9.55 Å². The molecule has 0 bridgehead atoms. The zero-order valence-corrected chi connectivity index (χ0v) is 23.5. The number of nitrogen functional groups attached to an aromatic ring is 1. The molecule has 1 aromatic heterocycles. The second-order valence-corrected chi connectivity index (χ2v) is 11.3. The highest BCUT2D eigenvalue weighted by atomic mass is 32.5.